The molecule has 1 aromatic heterocycles. The molecule has 0 N–H and O–H groups in total. The monoisotopic (exact) mass is 312 g/mol. The number of halogens is 2. The minimum atomic E-state index is -2.67. The molecule has 2 fully saturated rings. The summed E-state index contributed by atoms with van der Waals surface area (Å²) in [7, 11) is 0. The summed E-state index contributed by atoms with van der Waals surface area (Å²) in [4.78, 5) is 14.3. The molecule has 1 aliphatic heterocycles. The van der Waals surface area contributed by atoms with Crippen molar-refractivity contribution in [1.29, 1.82) is 0 Å². The van der Waals surface area contributed by atoms with Gasteiger partial charge in [-0.2, -0.15) is 0 Å². The summed E-state index contributed by atoms with van der Waals surface area (Å²) in [6.45, 7) is 2.06. The Labute approximate surface area is 128 Å². The van der Waals surface area contributed by atoms with Crippen molar-refractivity contribution in [3.63, 3.8) is 0 Å². The first-order valence-corrected chi connectivity index (χ1v) is 8.04. The second kappa shape index (κ2) is 6.30. The van der Waals surface area contributed by atoms with Crippen LogP contribution in [0.2, 0.25) is 0 Å². The van der Waals surface area contributed by atoms with E-state index in [0.29, 0.717) is 31.8 Å². The summed E-state index contributed by atoms with van der Waals surface area (Å²) in [5, 5.41) is 7.73. The number of rotatable bonds is 3. The topological polar surface area (TPSA) is 51.0 Å². The molecule has 2 atom stereocenters. The standard InChI is InChI=1S/C15H22F2N4O/c16-15(17)5-1-4-13(9-15)14(22)20-7-2-3-12(10-20)11-21-8-6-18-19-21/h6,8,12-13H,1-5,7,9-11H2. The van der Waals surface area contributed by atoms with Gasteiger partial charge in [0, 0.05) is 44.6 Å². The van der Waals surface area contributed by atoms with E-state index in [1.807, 2.05) is 6.20 Å². The van der Waals surface area contributed by atoms with Crippen molar-refractivity contribution in [2.45, 2.75) is 51.0 Å². The fraction of sp³-hybridized carbons (Fsp3) is 0.800. The van der Waals surface area contributed by atoms with Crippen LogP contribution in [0.1, 0.15) is 38.5 Å². The molecule has 2 unspecified atom stereocenters. The lowest BCUT2D eigenvalue weighted by molar-refractivity contribution is -0.144. The minimum absolute atomic E-state index is 0.0777. The van der Waals surface area contributed by atoms with Crippen LogP contribution in [0, 0.1) is 11.8 Å². The first-order chi connectivity index (χ1) is 10.5. The quantitative estimate of drug-likeness (QED) is 0.861. The molecule has 1 saturated heterocycles. The number of amides is 1. The van der Waals surface area contributed by atoms with Crippen LogP contribution >= 0.6 is 0 Å². The number of hydrogen-bond donors (Lipinski definition) is 0. The van der Waals surface area contributed by atoms with Crippen molar-refractivity contribution in [2.75, 3.05) is 13.1 Å². The van der Waals surface area contributed by atoms with Crippen molar-refractivity contribution in [2.24, 2.45) is 11.8 Å². The third-order valence-corrected chi connectivity index (χ3v) is 4.74. The summed E-state index contributed by atoms with van der Waals surface area (Å²) in [6.07, 6.45) is 6.08. The van der Waals surface area contributed by atoms with Crippen molar-refractivity contribution < 1.29 is 13.6 Å². The van der Waals surface area contributed by atoms with Gasteiger partial charge in [0.15, 0.2) is 0 Å². The van der Waals surface area contributed by atoms with Crippen LogP contribution in [0.15, 0.2) is 12.4 Å². The second-order valence-electron chi connectivity index (χ2n) is 6.57. The van der Waals surface area contributed by atoms with Gasteiger partial charge in [-0.05, 0) is 31.6 Å². The molecule has 7 heteroatoms. The smallest absolute Gasteiger partial charge is 0.248 e. The molecule has 1 amide bonds. The molecule has 0 aromatic carbocycles. The van der Waals surface area contributed by atoms with E-state index in [9.17, 15) is 13.6 Å². The Hall–Kier alpha value is -1.53. The average molecular weight is 312 g/mol. The van der Waals surface area contributed by atoms with Gasteiger partial charge in [-0.25, -0.2) is 8.78 Å². The van der Waals surface area contributed by atoms with Gasteiger partial charge in [0.05, 0.1) is 6.20 Å². The number of likely N-dealkylation sites (tertiary alicyclic amines) is 1. The molecule has 0 radical (unpaired) electrons. The van der Waals surface area contributed by atoms with Crippen LogP contribution in [0.4, 0.5) is 8.78 Å². The summed E-state index contributed by atoms with van der Waals surface area (Å²) >= 11 is 0. The van der Waals surface area contributed by atoms with Gasteiger partial charge in [0.1, 0.15) is 0 Å². The number of hydrogen-bond acceptors (Lipinski definition) is 3. The Kier molecular flexibility index (Phi) is 4.40. The molecular weight excluding hydrogens is 290 g/mol. The molecule has 2 aliphatic rings. The number of carbonyl (C=O) groups is 1. The molecule has 22 heavy (non-hydrogen) atoms. The zero-order valence-corrected chi connectivity index (χ0v) is 12.6. The predicted molar refractivity (Wildman–Crippen MR) is 76.2 cm³/mol. The van der Waals surface area contributed by atoms with Gasteiger partial charge in [-0.3, -0.25) is 9.48 Å². The zero-order valence-electron chi connectivity index (χ0n) is 12.6. The normalized spacial score (nSPS) is 28.5. The van der Waals surface area contributed by atoms with E-state index in [2.05, 4.69) is 10.3 Å². The third-order valence-electron chi connectivity index (χ3n) is 4.74. The van der Waals surface area contributed by atoms with Gasteiger partial charge in [-0.15, -0.1) is 5.10 Å². The molecule has 3 rings (SSSR count). The largest absolute Gasteiger partial charge is 0.342 e. The van der Waals surface area contributed by atoms with Crippen LogP contribution in [0.5, 0.6) is 0 Å². The lowest BCUT2D eigenvalue weighted by Gasteiger charge is -2.37. The highest BCUT2D eigenvalue weighted by molar-refractivity contribution is 5.79. The van der Waals surface area contributed by atoms with E-state index in [0.717, 1.165) is 19.4 Å². The van der Waals surface area contributed by atoms with Gasteiger partial charge in [0.2, 0.25) is 11.8 Å². The van der Waals surface area contributed by atoms with Gasteiger partial charge >= 0.3 is 0 Å². The Morgan fingerprint density at radius 3 is 2.91 bits per heavy atom. The number of aromatic nitrogens is 3. The molecule has 1 aliphatic carbocycles. The Bertz CT molecular complexity index is 506. The first-order valence-electron chi connectivity index (χ1n) is 8.04. The Morgan fingerprint density at radius 2 is 2.18 bits per heavy atom. The molecule has 5 nitrogen and oxygen atoms in total. The van der Waals surface area contributed by atoms with E-state index in [1.165, 1.54) is 0 Å². The molecule has 1 saturated carbocycles. The number of carbonyl (C=O) groups excluding carboxylic acids is 1. The van der Waals surface area contributed by atoms with Crippen molar-refractivity contribution in [1.82, 2.24) is 19.9 Å². The van der Waals surface area contributed by atoms with E-state index in [1.54, 1.807) is 15.8 Å². The van der Waals surface area contributed by atoms with Crippen molar-refractivity contribution in [3.05, 3.63) is 12.4 Å². The lowest BCUT2D eigenvalue weighted by atomic mass is 9.85. The highest BCUT2D eigenvalue weighted by Crippen LogP contribution is 2.37. The summed E-state index contributed by atoms with van der Waals surface area (Å²) in [5.74, 6) is -2.94. The zero-order chi connectivity index (χ0) is 15.6. The van der Waals surface area contributed by atoms with E-state index >= 15 is 0 Å². The summed E-state index contributed by atoms with van der Waals surface area (Å²) < 4.78 is 28.8. The fourth-order valence-corrected chi connectivity index (χ4v) is 3.65. The van der Waals surface area contributed by atoms with Crippen LogP contribution in [-0.4, -0.2) is 44.8 Å². The first kappa shape index (κ1) is 15.4. The molecular formula is C15H22F2N4O. The number of alkyl halides is 2. The minimum Gasteiger partial charge on any atom is -0.342 e. The van der Waals surface area contributed by atoms with E-state index in [4.69, 9.17) is 0 Å². The third kappa shape index (κ3) is 3.62. The van der Waals surface area contributed by atoms with Crippen LogP contribution in [0.25, 0.3) is 0 Å². The average Bonchev–Trinajstić information content (AvgIpc) is 2.98. The Balaban J connectivity index is 1.58. The van der Waals surface area contributed by atoms with Crippen LogP contribution in [0.3, 0.4) is 0 Å². The van der Waals surface area contributed by atoms with Gasteiger partial charge in [0.25, 0.3) is 0 Å². The maximum Gasteiger partial charge on any atom is 0.248 e. The Morgan fingerprint density at radius 1 is 1.32 bits per heavy atom. The predicted octanol–water partition coefficient (Wildman–Crippen LogP) is 2.34. The second-order valence-corrected chi connectivity index (χ2v) is 6.57. The molecule has 2 heterocycles. The maximum absolute atomic E-state index is 13.5. The molecule has 0 spiro atoms. The number of piperidine rings is 1. The van der Waals surface area contributed by atoms with Crippen LogP contribution < -0.4 is 0 Å². The summed E-state index contributed by atoms with van der Waals surface area (Å²) in [5.41, 5.74) is 0. The molecule has 0 bridgehead atoms. The SMILES string of the molecule is O=C(C1CCCC(F)(F)C1)N1CCCC(Cn2ccnn2)C1. The lowest BCUT2D eigenvalue weighted by Crippen LogP contribution is -2.46. The highest BCUT2D eigenvalue weighted by Gasteiger charge is 2.41. The van der Waals surface area contributed by atoms with E-state index in [-0.39, 0.29) is 18.7 Å². The fourth-order valence-electron chi connectivity index (χ4n) is 3.65. The van der Waals surface area contributed by atoms with Gasteiger partial charge in [-0.1, -0.05) is 5.21 Å². The van der Waals surface area contributed by atoms with Crippen molar-refractivity contribution >= 4 is 5.91 Å². The highest BCUT2D eigenvalue weighted by atomic mass is 19.3. The maximum atomic E-state index is 13.5. The van der Waals surface area contributed by atoms with Crippen LogP contribution in [-0.2, 0) is 11.3 Å². The van der Waals surface area contributed by atoms with Crippen molar-refractivity contribution in [3.8, 4) is 0 Å². The van der Waals surface area contributed by atoms with E-state index < -0.39 is 11.8 Å². The van der Waals surface area contributed by atoms with Gasteiger partial charge < -0.3 is 4.90 Å². The molecule has 1 aromatic rings. The summed E-state index contributed by atoms with van der Waals surface area (Å²) in [6, 6.07) is 0. The number of nitrogens with zero attached hydrogens (tertiary/aromatic N) is 4. The molecule has 122 valence electrons.